The molecule has 0 atom stereocenters. The summed E-state index contributed by atoms with van der Waals surface area (Å²) in [6.45, 7) is 5.35. The van der Waals surface area contributed by atoms with Gasteiger partial charge in [0.25, 0.3) is 0 Å². The van der Waals surface area contributed by atoms with E-state index in [1.807, 2.05) is 51.4 Å². The van der Waals surface area contributed by atoms with E-state index in [-0.39, 0.29) is 17.1 Å². The van der Waals surface area contributed by atoms with Crippen LogP contribution in [0.5, 0.6) is 0 Å². The molecule has 10 radical (unpaired) electrons. The zero-order valence-corrected chi connectivity index (χ0v) is 15.7. The summed E-state index contributed by atoms with van der Waals surface area (Å²) in [4.78, 5) is 23.6. The molecular formula is C20H20FeO4. The van der Waals surface area contributed by atoms with Gasteiger partial charge in [0.2, 0.25) is 0 Å². The fourth-order valence-electron chi connectivity index (χ4n) is 2.53. The van der Waals surface area contributed by atoms with Crippen molar-refractivity contribution in [2.45, 2.75) is 20.8 Å². The number of cyclic esters (lactones) is 2. The molecule has 0 N–H and O–H groups in total. The van der Waals surface area contributed by atoms with E-state index in [1.165, 1.54) is 0 Å². The molecule has 1 saturated heterocycles. The van der Waals surface area contributed by atoms with Crippen LogP contribution < -0.4 is 0 Å². The van der Waals surface area contributed by atoms with Crippen LogP contribution in [0.3, 0.4) is 0 Å². The Kier molecular flexibility index (Phi) is 9.12. The maximum Gasteiger partial charge on any atom is 0.346 e. The van der Waals surface area contributed by atoms with E-state index in [1.54, 1.807) is 27.9 Å². The van der Waals surface area contributed by atoms with Crippen LogP contribution in [0, 0.1) is 63.4 Å². The van der Waals surface area contributed by atoms with Crippen molar-refractivity contribution in [3.8, 4) is 0 Å². The number of carbonyl (C=O) groups is 2. The first-order valence-corrected chi connectivity index (χ1v) is 7.59. The molecule has 3 rings (SSSR count). The zero-order valence-electron chi connectivity index (χ0n) is 14.6. The van der Waals surface area contributed by atoms with Crippen LogP contribution in [0.1, 0.15) is 20.8 Å². The molecule has 0 aromatic rings. The number of carbonyl (C=O) groups excluding carboxylic acids is 2. The number of rotatable bonds is 2. The molecule has 0 aromatic heterocycles. The fraction of sp³-hybridized carbons (Fsp3) is 0.200. The van der Waals surface area contributed by atoms with E-state index >= 15 is 0 Å². The van der Waals surface area contributed by atoms with Crippen molar-refractivity contribution < 1.29 is 36.1 Å². The van der Waals surface area contributed by atoms with Crippen molar-refractivity contribution in [1.82, 2.24) is 0 Å². The second kappa shape index (κ2) is 10.3. The first-order chi connectivity index (χ1) is 11.5. The van der Waals surface area contributed by atoms with E-state index in [2.05, 4.69) is 0 Å². The number of hydrogen-bond acceptors (Lipinski definition) is 4. The van der Waals surface area contributed by atoms with Crippen LogP contribution in [-0.2, 0) is 36.1 Å². The largest absolute Gasteiger partial charge is 0.386 e. The van der Waals surface area contributed by atoms with Crippen LogP contribution in [0.4, 0.5) is 0 Å². The van der Waals surface area contributed by atoms with Gasteiger partial charge in [-0.15, -0.1) is 0 Å². The topological polar surface area (TPSA) is 52.6 Å². The van der Waals surface area contributed by atoms with Crippen molar-refractivity contribution in [2.75, 3.05) is 7.11 Å². The summed E-state index contributed by atoms with van der Waals surface area (Å²) in [7, 11) is 1.57. The van der Waals surface area contributed by atoms with Gasteiger partial charge in [0.05, 0.1) is 11.1 Å². The maximum atomic E-state index is 11.9. The molecule has 1 aliphatic heterocycles. The molecule has 2 saturated carbocycles. The molecule has 0 unspecified atom stereocenters. The summed E-state index contributed by atoms with van der Waals surface area (Å²) < 4.78 is 9.94. The van der Waals surface area contributed by atoms with Gasteiger partial charge in [-0.2, -0.15) is 0 Å². The number of methoxy groups -OCH3 is 1. The molecule has 3 fully saturated rings. The van der Waals surface area contributed by atoms with Crippen LogP contribution in [0.15, 0.2) is 22.3 Å². The molecule has 0 aromatic carbocycles. The molecule has 2 aliphatic carbocycles. The summed E-state index contributed by atoms with van der Waals surface area (Å²) in [5, 5.41) is 0. The van der Waals surface area contributed by atoms with Gasteiger partial charge in [0, 0.05) is 36.5 Å². The van der Waals surface area contributed by atoms with Gasteiger partial charge in [-0.25, -0.2) is 9.59 Å². The first kappa shape index (κ1) is 22.1. The summed E-state index contributed by atoms with van der Waals surface area (Å²) in [6, 6.07) is 0. The van der Waals surface area contributed by atoms with E-state index in [9.17, 15) is 9.59 Å². The molecule has 25 heavy (non-hydrogen) atoms. The van der Waals surface area contributed by atoms with E-state index in [4.69, 9.17) is 9.47 Å². The smallest absolute Gasteiger partial charge is 0.346 e. The summed E-state index contributed by atoms with van der Waals surface area (Å²) in [6.07, 6.45) is 16.2. The molecular weight excluding hydrogens is 360 g/mol. The van der Waals surface area contributed by atoms with Crippen molar-refractivity contribution in [3.05, 3.63) is 85.7 Å². The minimum atomic E-state index is -0.595. The molecule has 0 amide bonds. The normalized spacial score (nSPS) is 23.1. The Hall–Kier alpha value is -0.901. The molecule has 4 nitrogen and oxygen atoms in total. The van der Waals surface area contributed by atoms with Gasteiger partial charge in [0.15, 0.2) is 0 Å². The van der Waals surface area contributed by atoms with Crippen LogP contribution in [0.2, 0.25) is 0 Å². The van der Waals surface area contributed by atoms with Crippen molar-refractivity contribution in [1.29, 1.82) is 0 Å². The van der Waals surface area contributed by atoms with E-state index < -0.39 is 11.9 Å². The molecule has 132 valence electrons. The summed E-state index contributed by atoms with van der Waals surface area (Å²) in [5.74, 6) is -0.380. The zero-order chi connectivity index (χ0) is 17.7. The summed E-state index contributed by atoms with van der Waals surface area (Å²) >= 11 is 0. The van der Waals surface area contributed by atoms with Crippen LogP contribution in [0.25, 0.3) is 0 Å². The van der Waals surface area contributed by atoms with Gasteiger partial charge in [-0.1, -0.05) is 5.57 Å². The number of hydrogen-bond donors (Lipinski definition) is 0. The number of esters is 2. The Labute approximate surface area is 161 Å². The molecule has 3 aliphatic rings. The predicted octanol–water partition coefficient (Wildman–Crippen LogP) is 3.12. The van der Waals surface area contributed by atoms with Gasteiger partial charge in [-0.3, -0.25) is 0 Å². The minimum absolute atomic E-state index is 0. The minimum Gasteiger partial charge on any atom is -0.386 e. The van der Waals surface area contributed by atoms with E-state index in [0.717, 1.165) is 11.5 Å². The van der Waals surface area contributed by atoms with Gasteiger partial charge >= 0.3 is 11.9 Å². The van der Waals surface area contributed by atoms with Crippen molar-refractivity contribution in [2.24, 2.45) is 0 Å². The Morgan fingerprint density at radius 3 is 1.84 bits per heavy atom. The third-order valence-electron chi connectivity index (χ3n) is 3.67. The van der Waals surface area contributed by atoms with E-state index in [0.29, 0.717) is 22.8 Å². The third-order valence-corrected chi connectivity index (χ3v) is 3.67. The second-order valence-corrected chi connectivity index (χ2v) is 5.52. The Morgan fingerprint density at radius 2 is 1.36 bits per heavy atom. The Morgan fingerprint density at radius 1 is 0.840 bits per heavy atom. The standard InChI is InChI=1S/C15H15O4.C5H5.Fe/c1-8(2)12-13(15(17)19-14(12)16)9(3)10-6-5-7-11(10)18-4;1-2-4-5-3-1;/h5-7H,1-4H3;1-5H;/b13-9+;;. The number of ether oxygens (including phenoxy) is 2. The first-order valence-electron chi connectivity index (χ1n) is 7.59. The molecule has 0 spiro atoms. The van der Waals surface area contributed by atoms with Crippen LogP contribution in [-0.4, -0.2) is 19.0 Å². The quantitative estimate of drug-likeness (QED) is 0.320. The van der Waals surface area contributed by atoms with Crippen molar-refractivity contribution >= 4 is 11.9 Å². The Bertz CT molecular complexity index is 546. The molecule has 1 heterocycles. The average molecular weight is 380 g/mol. The molecule has 5 heteroatoms. The molecule has 0 bridgehead atoms. The summed E-state index contributed by atoms with van der Waals surface area (Å²) in [5.41, 5.74) is 2.13. The predicted molar refractivity (Wildman–Crippen MR) is 90.1 cm³/mol. The monoisotopic (exact) mass is 380 g/mol. The second-order valence-electron chi connectivity index (χ2n) is 5.52. The fourth-order valence-corrected chi connectivity index (χ4v) is 2.53. The van der Waals surface area contributed by atoms with Crippen LogP contribution >= 0.6 is 0 Å². The van der Waals surface area contributed by atoms with Crippen molar-refractivity contribution in [3.63, 3.8) is 0 Å². The van der Waals surface area contributed by atoms with Gasteiger partial charge < -0.3 is 9.47 Å². The maximum absolute atomic E-state index is 11.9. The van der Waals surface area contributed by atoms with Gasteiger partial charge in [0.1, 0.15) is 6.10 Å². The Balaban J connectivity index is 0.000000448. The number of allylic oxidation sites excluding steroid dienone is 1. The SMILES string of the molecule is CO[C]1[CH][CH][CH][C]1/C(C)=C1/C(=O)OC(=O)C1=C(C)C.[CH]1[CH][CH][CH][CH]1.[Fe]. The third kappa shape index (κ3) is 5.29. The average Bonchev–Trinajstić information content (AvgIpc) is 3.28. The van der Waals surface area contributed by atoms with Gasteiger partial charge in [-0.05, 0) is 71.3 Å².